The molecule has 0 aromatic carbocycles. The van der Waals surface area contributed by atoms with Crippen molar-refractivity contribution in [1.29, 1.82) is 0 Å². The molecule has 0 fully saturated rings. The number of hydrogen-bond acceptors (Lipinski definition) is 3. The maximum atomic E-state index is 4.38. The van der Waals surface area contributed by atoms with Crippen molar-refractivity contribution in [3.8, 4) is 0 Å². The summed E-state index contributed by atoms with van der Waals surface area (Å²) in [6.45, 7) is 8.84. The second-order valence-corrected chi connectivity index (χ2v) is 5.66. The standard InChI is InChI=1S/C13H24N4/c1-5-13(2,3)17(4)8-10-6-11-12(7-14-10)16-9-15-11/h9-10,14H,5-8H2,1-4H3,(H,15,16). The topological polar surface area (TPSA) is 44.0 Å². The number of imidazole rings is 1. The monoisotopic (exact) mass is 236 g/mol. The average Bonchev–Trinajstić information content (AvgIpc) is 2.76. The van der Waals surface area contributed by atoms with Gasteiger partial charge in [-0.15, -0.1) is 0 Å². The Morgan fingerprint density at radius 1 is 1.53 bits per heavy atom. The summed E-state index contributed by atoms with van der Waals surface area (Å²) in [6.07, 6.45) is 4.00. The van der Waals surface area contributed by atoms with E-state index in [2.05, 4.69) is 48.0 Å². The highest BCUT2D eigenvalue weighted by Crippen LogP contribution is 2.19. The van der Waals surface area contributed by atoms with Crippen LogP contribution < -0.4 is 5.32 Å². The summed E-state index contributed by atoms with van der Waals surface area (Å²) in [5.74, 6) is 0. The van der Waals surface area contributed by atoms with Gasteiger partial charge in [0.25, 0.3) is 0 Å². The molecular weight excluding hydrogens is 212 g/mol. The van der Waals surface area contributed by atoms with Crippen LogP contribution in [0.15, 0.2) is 6.33 Å². The molecule has 0 saturated carbocycles. The molecule has 96 valence electrons. The number of fused-ring (bicyclic) bond motifs is 1. The van der Waals surface area contributed by atoms with Crippen LogP contribution in [0.5, 0.6) is 0 Å². The fourth-order valence-corrected chi connectivity index (χ4v) is 2.21. The molecule has 1 aromatic rings. The molecule has 0 spiro atoms. The zero-order chi connectivity index (χ0) is 12.5. The Balaban J connectivity index is 1.94. The van der Waals surface area contributed by atoms with Gasteiger partial charge in [0.1, 0.15) is 0 Å². The molecular formula is C13H24N4. The van der Waals surface area contributed by atoms with E-state index in [-0.39, 0.29) is 5.54 Å². The number of rotatable bonds is 4. The van der Waals surface area contributed by atoms with Gasteiger partial charge in [-0.3, -0.25) is 4.90 Å². The number of likely N-dealkylation sites (N-methyl/N-ethyl adjacent to an activating group) is 1. The Kier molecular flexibility index (Phi) is 3.54. The third kappa shape index (κ3) is 2.69. The first-order chi connectivity index (χ1) is 8.03. The average molecular weight is 236 g/mol. The molecule has 1 atom stereocenters. The van der Waals surface area contributed by atoms with Crippen LogP contribution in [0.1, 0.15) is 38.6 Å². The lowest BCUT2D eigenvalue weighted by molar-refractivity contribution is 0.133. The van der Waals surface area contributed by atoms with E-state index in [0.717, 1.165) is 19.5 Å². The summed E-state index contributed by atoms with van der Waals surface area (Å²) < 4.78 is 0. The Bertz CT molecular complexity index is 369. The van der Waals surface area contributed by atoms with Gasteiger partial charge >= 0.3 is 0 Å². The predicted molar refractivity (Wildman–Crippen MR) is 69.9 cm³/mol. The van der Waals surface area contributed by atoms with Crippen molar-refractivity contribution in [2.45, 2.75) is 51.7 Å². The fraction of sp³-hybridized carbons (Fsp3) is 0.769. The van der Waals surface area contributed by atoms with E-state index < -0.39 is 0 Å². The Labute approximate surface area is 104 Å². The van der Waals surface area contributed by atoms with Crippen molar-refractivity contribution in [1.82, 2.24) is 20.2 Å². The van der Waals surface area contributed by atoms with E-state index in [4.69, 9.17) is 0 Å². The number of hydrogen-bond donors (Lipinski definition) is 2. The molecule has 0 saturated heterocycles. The minimum Gasteiger partial charge on any atom is -0.347 e. The van der Waals surface area contributed by atoms with E-state index in [1.54, 1.807) is 6.33 Å². The molecule has 1 aromatic heterocycles. The maximum absolute atomic E-state index is 4.38. The molecule has 1 aliphatic heterocycles. The SMILES string of the molecule is CCC(C)(C)N(C)CC1Cc2nc[nH]c2CN1. The number of H-pyrrole nitrogens is 1. The smallest absolute Gasteiger partial charge is 0.0925 e. The Morgan fingerprint density at radius 3 is 3.00 bits per heavy atom. The van der Waals surface area contributed by atoms with E-state index in [9.17, 15) is 0 Å². The van der Waals surface area contributed by atoms with Gasteiger partial charge in [0.15, 0.2) is 0 Å². The van der Waals surface area contributed by atoms with Crippen molar-refractivity contribution < 1.29 is 0 Å². The first kappa shape index (κ1) is 12.6. The highest BCUT2D eigenvalue weighted by Gasteiger charge is 2.26. The summed E-state index contributed by atoms with van der Waals surface area (Å²) >= 11 is 0. The van der Waals surface area contributed by atoms with E-state index >= 15 is 0 Å². The molecule has 2 heterocycles. The number of nitrogens with zero attached hydrogens (tertiary/aromatic N) is 2. The maximum Gasteiger partial charge on any atom is 0.0925 e. The Morgan fingerprint density at radius 2 is 2.29 bits per heavy atom. The normalized spacial score (nSPS) is 20.6. The van der Waals surface area contributed by atoms with Gasteiger partial charge in [-0.25, -0.2) is 4.98 Å². The van der Waals surface area contributed by atoms with Gasteiger partial charge in [0.2, 0.25) is 0 Å². The molecule has 17 heavy (non-hydrogen) atoms. The minimum atomic E-state index is 0.271. The first-order valence-electron chi connectivity index (χ1n) is 6.48. The summed E-state index contributed by atoms with van der Waals surface area (Å²) in [7, 11) is 2.21. The van der Waals surface area contributed by atoms with Gasteiger partial charge in [0, 0.05) is 31.1 Å². The summed E-state index contributed by atoms with van der Waals surface area (Å²) in [5, 5.41) is 3.58. The molecule has 2 rings (SSSR count). The van der Waals surface area contributed by atoms with Crippen molar-refractivity contribution in [2.75, 3.05) is 13.6 Å². The first-order valence-corrected chi connectivity index (χ1v) is 6.48. The lowest BCUT2D eigenvalue weighted by atomic mass is 9.97. The lowest BCUT2D eigenvalue weighted by Gasteiger charge is -2.38. The van der Waals surface area contributed by atoms with Gasteiger partial charge in [0.05, 0.1) is 17.7 Å². The highest BCUT2D eigenvalue weighted by atomic mass is 15.2. The van der Waals surface area contributed by atoms with Crippen LogP contribution in [0, 0.1) is 0 Å². The van der Waals surface area contributed by atoms with Crippen LogP contribution in [-0.2, 0) is 13.0 Å². The minimum absolute atomic E-state index is 0.271. The lowest BCUT2D eigenvalue weighted by Crippen LogP contribution is -2.50. The number of aromatic nitrogens is 2. The zero-order valence-electron chi connectivity index (χ0n) is 11.4. The molecule has 2 N–H and O–H groups in total. The predicted octanol–water partition coefficient (Wildman–Crippen LogP) is 1.54. The molecule has 0 bridgehead atoms. The van der Waals surface area contributed by atoms with Gasteiger partial charge < -0.3 is 10.3 Å². The van der Waals surface area contributed by atoms with Crippen LogP contribution in [0.25, 0.3) is 0 Å². The molecule has 0 amide bonds. The third-order valence-corrected chi connectivity index (χ3v) is 4.21. The van der Waals surface area contributed by atoms with Gasteiger partial charge in [-0.1, -0.05) is 6.92 Å². The second-order valence-electron chi connectivity index (χ2n) is 5.66. The summed E-state index contributed by atoms with van der Waals surface area (Å²) in [4.78, 5) is 10.0. The van der Waals surface area contributed by atoms with Crippen LogP contribution in [0.2, 0.25) is 0 Å². The van der Waals surface area contributed by atoms with E-state index in [1.807, 2.05) is 0 Å². The van der Waals surface area contributed by atoms with Crippen molar-refractivity contribution in [2.24, 2.45) is 0 Å². The van der Waals surface area contributed by atoms with Crippen LogP contribution >= 0.6 is 0 Å². The second kappa shape index (κ2) is 4.78. The molecule has 0 radical (unpaired) electrons. The molecule has 0 aliphatic carbocycles. The largest absolute Gasteiger partial charge is 0.347 e. The molecule has 1 aliphatic rings. The fourth-order valence-electron chi connectivity index (χ4n) is 2.21. The van der Waals surface area contributed by atoms with Gasteiger partial charge in [-0.05, 0) is 27.3 Å². The third-order valence-electron chi connectivity index (χ3n) is 4.21. The quantitative estimate of drug-likeness (QED) is 0.833. The number of nitrogens with one attached hydrogen (secondary N) is 2. The summed E-state index contributed by atoms with van der Waals surface area (Å²) in [5.41, 5.74) is 2.75. The molecule has 1 unspecified atom stereocenters. The highest BCUT2D eigenvalue weighted by molar-refractivity contribution is 5.16. The zero-order valence-corrected chi connectivity index (χ0v) is 11.4. The molecule has 4 heteroatoms. The van der Waals surface area contributed by atoms with Crippen LogP contribution in [0.3, 0.4) is 0 Å². The van der Waals surface area contributed by atoms with Crippen molar-refractivity contribution in [3.05, 3.63) is 17.7 Å². The molecule has 4 nitrogen and oxygen atoms in total. The Hall–Kier alpha value is -0.870. The van der Waals surface area contributed by atoms with E-state index in [0.29, 0.717) is 6.04 Å². The number of aromatic amines is 1. The van der Waals surface area contributed by atoms with Crippen molar-refractivity contribution >= 4 is 0 Å². The van der Waals surface area contributed by atoms with Gasteiger partial charge in [-0.2, -0.15) is 0 Å². The van der Waals surface area contributed by atoms with Crippen LogP contribution in [-0.4, -0.2) is 40.0 Å². The summed E-state index contributed by atoms with van der Waals surface area (Å²) in [6, 6.07) is 0.515. The van der Waals surface area contributed by atoms with E-state index in [1.165, 1.54) is 17.8 Å². The van der Waals surface area contributed by atoms with Crippen molar-refractivity contribution in [3.63, 3.8) is 0 Å². The van der Waals surface area contributed by atoms with Crippen LogP contribution in [0.4, 0.5) is 0 Å².